The van der Waals surface area contributed by atoms with Crippen molar-refractivity contribution >= 4 is 22.6 Å². The Balaban J connectivity index is 2.06. The van der Waals surface area contributed by atoms with E-state index in [1.807, 2.05) is 0 Å². The first-order valence-electron chi connectivity index (χ1n) is 3.54. The maximum atomic E-state index is 9.15. The topological polar surface area (TPSA) is 32.3 Å². The molecule has 0 aromatic heterocycles. The van der Waals surface area contributed by atoms with Gasteiger partial charge in [0.15, 0.2) is 0 Å². The molecule has 0 saturated heterocycles. The summed E-state index contributed by atoms with van der Waals surface area (Å²) in [6.45, 7) is 0.977. The largest absolute Gasteiger partial charge is 0.393 e. The molecule has 0 radical (unpaired) electrons. The zero-order chi connectivity index (χ0) is 7.40. The van der Waals surface area contributed by atoms with Crippen LogP contribution in [0.4, 0.5) is 0 Å². The number of thiol groups is 1. The fourth-order valence-electron chi connectivity index (χ4n) is 1.39. The molecule has 0 bridgehead atoms. The van der Waals surface area contributed by atoms with Gasteiger partial charge in [-0.05, 0) is 36.2 Å². The highest BCUT2D eigenvalue weighted by atomic mass is 33.1. The summed E-state index contributed by atoms with van der Waals surface area (Å²) in [5.41, 5.74) is 0. The number of nitrogens with one attached hydrogen (secondary N) is 1. The molecule has 1 aliphatic rings. The second kappa shape index (κ2) is 4.49. The first-order chi connectivity index (χ1) is 4.83. The monoisotopic (exact) mass is 179 g/mol. The predicted octanol–water partition coefficient (Wildman–Crippen LogP) is 1.23. The highest BCUT2D eigenvalue weighted by molar-refractivity contribution is 8.67. The number of hydrogen-bond acceptors (Lipinski definition) is 4. The first kappa shape index (κ1) is 8.71. The van der Waals surface area contributed by atoms with E-state index >= 15 is 0 Å². The van der Waals surface area contributed by atoms with Crippen LogP contribution in [-0.2, 0) is 0 Å². The number of rotatable bonds is 3. The number of hydrogen-bond donors (Lipinski definition) is 3. The molecule has 0 heterocycles. The first-order valence-corrected chi connectivity index (χ1v) is 5.41. The van der Waals surface area contributed by atoms with E-state index in [0.29, 0.717) is 5.92 Å². The Morgan fingerprint density at radius 3 is 2.90 bits per heavy atom. The smallest absolute Gasteiger partial charge is 0.0543 e. The van der Waals surface area contributed by atoms with Gasteiger partial charge in [-0.25, -0.2) is 0 Å². The van der Waals surface area contributed by atoms with Gasteiger partial charge < -0.3 is 5.11 Å². The average Bonchev–Trinajstić information content (AvgIpc) is 2.31. The third-order valence-corrected chi connectivity index (χ3v) is 2.63. The van der Waals surface area contributed by atoms with Crippen LogP contribution in [0.3, 0.4) is 0 Å². The standard InChI is InChI=1S/C6H13NOS2/c8-6-2-1-5(3-6)4-7-10-9/h5-9H,1-4H2/t5-,6-/m0/s1. The third kappa shape index (κ3) is 2.70. The molecular weight excluding hydrogens is 166 g/mol. The molecule has 2 nitrogen and oxygen atoms in total. The molecule has 60 valence electrons. The van der Waals surface area contributed by atoms with Crippen LogP contribution in [0.1, 0.15) is 19.3 Å². The highest BCUT2D eigenvalue weighted by Crippen LogP contribution is 2.24. The lowest BCUT2D eigenvalue weighted by Gasteiger charge is -2.06. The van der Waals surface area contributed by atoms with Crippen molar-refractivity contribution in [1.29, 1.82) is 0 Å². The normalized spacial score (nSPS) is 33.0. The Bertz CT molecular complexity index is 102. The predicted molar refractivity (Wildman–Crippen MR) is 47.9 cm³/mol. The summed E-state index contributed by atoms with van der Waals surface area (Å²) < 4.78 is 3.08. The van der Waals surface area contributed by atoms with E-state index in [1.165, 1.54) is 11.0 Å². The second-order valence-corrected chi connectivity index (χ2v) is 3.79. The van der Waals surface area contributed by atoms with Crippen molar-refractivity contribution in [3.05, 3.63) is 0 Å². The Morgan fingerprint density at radius 1 is 1.60 bits per heavy atom. The summed E-state index contributed by atoms with van der Waals surface area (Å²) in [6.07, 6.45) is 3.05. The van der Waals surface area contributed by atoms with E-state index in [4.69, 9.17) is 5.11 Å². The van der Waals surface area contributed by atoms with Gasteiger partial charge in [0.2, 0.25) is 0 Å². The summed E-state index contributed by atoms with van der Waals surface area (Å²) in [5.74, 6) is 0.662. The van der Waals surface area contributed by atoms with Gasteiger partial charge in [-0.3, -0.25) is 4.72 Å². The average molecular weight is 179 g/mol. The molecule has 1 fully saturated rings. The van der Waals surface area contributed by atoms with Gasteiger partial charge >= 0.3 is 0 Å². The van der Waals surface area contributed by atoms with Gasteiger partial charge in [-0.15, -0.1) is 0 Å². The zero-order valence-electron chi connectivity index (χ0n) is 5.79. The van der Waals surface area contributed by atoms with Gasteiger partial charge in [-0.1, -0.05) is 11.7 Å². The summed E-state index contributed by atoms with van der Waals surface area (Å²) in [6, 6.07) is 0. The quantitative estimate of drug-likeness (QED) is 0.346. The molecule has 2 atom stereocenters. The van der Waals surface area contributed by atoms with E-state index in [1.54, 1.807) is 0 Å². The second-order valence-electron chi connectivity index (χ2n) is 2.77. The van der Waals surface area contributed by atoms with Gasteiger partial charge in [0, 0.05) is 6.54 Å². The molecule has 1 saturated carbocycles. The molecule has 10 heavy (non-hydrogen) atoms. The Kier molecular flexibility index (Phi) is 3.91. The Hall–Kier alpha value is 0.620. The molecule has 0 amide bonds. The van der Waals surface area contributed by atoms with Gasteiger partial charge in [-0.2, -0.15) is 0 Å². The lowest BCUT2D eigenvalue weighted by Crippen LogP contribution is -2.14. The van der Waals surface area contributed by atoms with Crippen molar-refractivity contribution in [1.82, 2.24) is 4.72 Å². The maximum absolute atomic E-state index is 9.15. The SMILES string of the molecule is O[C@H]1CC[C@H](CNSS)C1. The zero-order valence-corrected chi connectivity index (χ0v) is 7.50. The van der Waals surface area contributed by atoms with Crippen molar-refractivity contribution in [2.75, 3.05) is 6.54 Å². The molecule has 0 unspecified atom stereocenters. The molecule has 4 heteroatoms. The van der Waals surface area contributed by atoms with Crippen molar-refractivity contribution in [3.63, 3.8) is 0 Å². The van der Waals surface area contributed by atoms with E-state index in [-0.39, 0.29) is 6.10 Å². The Labute approximate surface area is 70.7 Å². The minimum Gasteiger partial charge on any atom is -0.393 e. The van der Waals surface area contributed by atoms with Crippen LogP contribution in [0.2, 0.25) is 0 Å². The summed E-state index contributed by atoms with van der Waals surface area (Å²) in [5, 5.41) is 9.15. The van der Waals surface area contributed by atoms with Crippen LogP contribution in [0, 0.1) is 5.92 Å². The Morgan fingerprint density at radius 2 is 2.40 bits per heavy atom. The van der Waals surface area contributed by atoms with Crippen molar-refractivity contribution in [2.45, 2.75) is 25.4 Å². The number of aliphatic hydroxyl groups is 1. The number of aliphatic hydroxyl groups excluding tert-OH is 1. The van der Waals surface area contributed by atoms with E-state index in [2.05, 4.69) is 16.4 Å². The van der Waals surface area contributed by atoms with Crippen LogP contribution < -0.4 is 4.72 Å². The van der Waals surface area contributed by atoms with Crippen molar-refractivity contribution < 1.29 is 5.11 Å². The van der Waals surface area contributed by atoms with Crippen molar-refractivity contribution in [3.8, 4) is 0 Å². The van der Waals surface area contributed by atoms with Crippen LogP contribution in [0.25, 0.3) is 0 Å². The highest BCUT2D eigenvalue weighted by Gasteiger charge is 2.21. The lowest BCUT2D eigenvalue weighted by molar-refractivity contribution is 0.178. The van der Waals surface area contributed by atoms with E-state index in [9.17, 15) is 0 Å². The molecule has 1 rings (SSSR count). The van der Waals surface area contributed by atoms with Crippen molar-refractivity contribution in [2.24, 2.45) is 5.92 Å². The molecule has 0 spiro atoms. The fourth-order valence-corrected chi connectivity index (χ4v) is 1.92. The minimum absolute atomic E-state index is 0.0447. The van der Waals surface area contributed by atoms with Gasteiger partial charge in [0.05, 0.1) is 6.10 Å². The van der Waals surface area contributed by atoms with Gasteiger partial charge in [0.25, 0.3) is 0 Å². The third-order valence-electron chi connectivity index (χ3n) is 1.95. The van der Waals surface area contributed by atoms with Crippen LogP contribution in [-0.4, -0.2) is 17.8 Å². The molecule has 0 aliphatic heterocycles. The van der Waals surface area contributed by atoms with Gasteiger partial charge in [0.1, 0.15) is 0 Å². The maximum Gasteiger partial charge on any atom is 0.0543 e. The molecule has 2 N–H and O–H groups in total. The fraction of sp³-hybridized carbons (Fsp3) is 1.00. The van der Waals surface area contributed by atoms with Crippen LogP contribution in [0.5, 0.6) is 0 Å². The van der Waals surface area contributed by atoms with E-state index < -0.39 is 0 Å². The van der Waals surface area contributed by atoms with Crippen LogP contribution >= 0.6 is 22.6 Å². The molecule has 1 aliphatic carbocycles. The summed E-state index contributed by atoms with van der Waals surface area (Å²) in [7, 11) is 1.35. The summed E-state index contributed by atoms with van der Waals surface area (Å²) in [4.78, 5) is 0. The van der Waals surface area contributed by atoms with Crippen LogP contribution in [0.15, 0.2) is 0 Å². The molecule has 0 aromatic carbocycles. The minimum atomic E-state index is -0.0447. The molecular formula is C6H13NOS2. The molecule has 0 aromatic rings. The lowest BCUT2D eigenvalue weighted by atomic mass is 10.1. The summed E-state index contributed by atoms with van der Waals surface area (Å²) >= 11 is 3.96. The van der Waals surface area contributed by atoms with E-state index in [0.717, 1.165) is 25.8 Å².